The normalized spacial score (nSPS) is 11.2. The average molecular weight is 442 g/mol. The molecule has 0 aliphatic rings. The summed E-state index contributed by atoms with van der Waals surface area (Å²) in [6, 6.07) is 20.9. The predicted molar refractivity (Wildman–Crippen MR) is 120 cm³/mol. The van der Waals surface area contributed by atoms with Crippen molar-refractivity contribution < 1.29 is 17.6 Å². The smallest absolute Gasteiger partial charge is 0.308 e. The Hall–Kier alpha value is -3.23. The first-order valence-corrected chi connectivity index (χ1v) is 11.3. The summed E-state index contributed by atoms with van der Waals surface area (Å²) >= 11 is 0. The van der Waals surface area contributed by atoms with Crippen molar-refractivity contribution in [2.45, 2.75) is 18.2 Å². The number of nitrogens with zero attached hydrogens (tertiary/aromatic N) is 1. The molecule has 0 aliphatic carbocycles. The van der Waals surface area contributed by atoms with E-state index in [0.717, 1.165) is 17.7 Å². The second kappa shape index (κ2) is 10.2. The van der Waals surface area contributed by atoms with Crippen molar-refractivity contribution in [3.8, 4) is 0 Å². The first-order chi connectivity index (χ1) is 14.8. The Morgan fingerprint density at radius 3 is 2.23 bits per heavy atom. The quantitative estimate of drug-likeness (QED) is 0.504. The van der Waals surface area contributed by atoms with E-state index in [1.807, 2.05) is 61.5 Å². The summed E-state index contributed by atoms with van der Waals surface area (Å²) in [6.07, 6.45) is 0.386. The van der Waals surface area contributed by atoms with Crippen LogP contribution in [0.5, 0.6) is 0 Å². The number of carbonyl (C=O) groups is 1. The molecule has 0 saturated heterocycles. The van der Waals surface area contributed by atoms with Crippen LogP contribution in [0.15, 0.2) is 83.8 Å². The Balaban J connectivity index is 1.63. The molecule has 0 radical (unpaired) electrons. The van der Waals surface area contributed by atoms with E-state index in [-0.39, 0.29) is 17.5 Å². The molecule has 31 heavy (non-hydrogen) atoms. The van der Waals surface area contributed by atoms with E-state index in [9.17, 15) is 17.6 Å². The molecule has 3 aromatic carbocycles. The van der Waals surface area contributed by atoms with Gasteiger partial charge in [0.05, 0.1) is 4.90 Å². The van der Waals surface area contributed by atoms with Gasteiger partial charge in [-0.15, -0.1) is 0 Å². The van der Waals surface area contributed by atoms with Gasteiger partial charge in [-0.2, -0.15) is 0 Å². The van der Waals surface area contributed by atoms with Gasteiger partial charge >= 0.3 is 6.03 Å². The number of halogens is 1. The molecular weight excluding hydrogens is 417 g/mol. The van der Waals surface area contributed by atoms with Crippen LogP contribution >= 0.6 is 0 Å². The fourth-order valence-electron chi connectivity index (χ4n) is 2.92. The molecule has 0 aromatic heterocycles. The monoisotopic (exact) mass is 441 g/mol. The summed E-state index contributed by atoms with van der Waals surface area (Å²) in [5.41, 5.74) is 2.47. The van der Waals surface area contributed by atoms with Gasteiger partial charge in [0.2, 0.25) is 10.0 Å². The van der Waals surface area contributed by atoms with Crippen molar-refractivity contribution in [3.05, 3.63) is 90.2 Å². The third kappa shape index (κ3) is 6.37. The standard InChI is InChI=1S/C23H24FN3O3S/c1-18-8-12-20(13-9-18)26-23(28)27(21-6-3-2-4-7-21)17-5-16-25-31(29,30)22-14-10-19(24)11-15-22/h2-4,6-15,25H,5,16-17H2,1H3,(H,26,28). The van der Waals surface area contributed by atoms with Gasteiger partial charge in [0.25, 0.3) is 0 Å². The van der Waals surface area contributed by atoms with Crippen LogP contribution in [0.2, 0.25) is 0 Å². The van der Waals surface area contributed by atoms with E-state index in [0.29, 0.717) is 24.3 Å². The fraction of sp³-hybridized carbons (Fsp3) is 0.174. The number of carbonyl (C=O) groups excluding carboxylic acids is 1. The molecule has 0 aliphatic heterocycles. The lowest BCUT2D eigenvalue weighted by Crippen LogP contribution is -2.37. The molecule has 3 aromatic rings. The molecule has 0 spiro atoms. The van der Waals surface area contributed by atoms with Crippen molar-refractivity contribution in [3.63, 3.8) is 0 Å². The number of urea groups is 1. The van der Waals surface area contributed by atoms with Gasteiger partial charge in [0, 0.05) is 24.5 Å². The largest absolute Gasteiger partial charge is 0.326 e. The lowest BCUT2D eigenvalue weighted by Gasteiger charge is -2.23. The number of nitrogens with one attached hydrogen (secondary N) is 2. The van der Waals surface area contributed by atoms with Crippen molar-refractivity contribution in [2.24, 2.45) is 0 Å². The summed E-state index contributed by atoms with van der Waals surface area (Å²) < 4.78 is 40.2. The maximum Gasteiger partial charge on any atom is 0.326 e. The van der Waals surface area contributed by atoms with E-state index in [4.69, 9.17) is 0 Å². The van der Waals surface area contributed by atoms with Crippen LogP contribution in [0.1, 0.15) is 12.0 Å². The minimum atomic E-state index is -3.75. The van der Waals surface area contributed by atoms with Gasteiger partial charge in [-0.3, -0.25) is 4.90 Å². The maximum atomic E-state index is 13.0. The summed E-state index contributed by atoms with van der Waals surface area (Å²) in [7, 11) is -3.75. The van der Waals surface area contributed by atoms with Crippen molar-refractivity contribution >= 4 is 27.4 Å². The van der Waals surface area contributed by atoms with Gasteiger partial charge in [0.15, 0.2) is 0 Å². The highest BCUT2D eigenvalue weighted by Gasteiger charge is 2.17. The van der Waals surface area contributed by atoms with Gasteiger partial charge in [0.1, 0.15) is 5.82 Å². The number of sulfonamides is 1. The Bertz CT molecular complexity index is 1100. The number of aryl methyl sites for hydroxylation is 1. The molecule has 0 heterocycles. The van der Waals surface area contributed by atoms with Crippen molar-refractivity contribution in [2.75, 3.05) is 23.3 Å². The van der Waals surface area contributed by atoms with Crippen LogP contribution in [0.25, 0.3) is 0 Å². The number of hydrogen-bond donors (Lipinski definition) is 2. The molecule has 2 amide bonds. The molecule has 0 saturated carbocycles. The second-order valence-corrected chi connectivity index (χ2v) is 8.76. The molecule has 0 atom stereocenters. The lowest BCUT2D eigenvalue weighted by atomic mass is 10.2. The van der Waals surface area contributed by atoms with Gasteiger partial charge in [-0.25, -0.2) is 22.3 Å². The minimum Gasteiger partial charge on any atom is -0.308 e. The maximum absolute atomic E-state index is 13.0. The number of rotatable bonds is 8. The number of benzene rings is 3. The third-order valence-electron chi connectivity index (χ3n) is 4.59. The highest BCUT2D eigenvalue weighted by Crippen LogP contribution is 2.17. The van der Waals surface area contributed by atoms with Crippen LogP contribution in [-0.2, 0) is 10.0 Å². The van der Waals surface area contributed by atoms with Crippen LogP contribution in [0.3, 0.4) is 0 Å². The van der Waals surface area contributed by atoms with Crippen molar-refractivity contribution in [1.82, 2.24) is 4.72 Å². The Kier molecular flexibility index (Phi) is 7.38. The van der Waals surface area contributed by atoms with E-state index < -0.39 is 15.8 Å². The van der Waals surface area contributed by atoms with Gasteiger partial charge in [-0.1, -0.05) is 35.9 Å². The number of para-hydroxylation sites is 1. The van der Waals surface area contributed by atoms with E-state index in [2.05, 4.69) is 10.0 Å². The summed E-state index contributed by atoms with van der Waals surface area (Å²) in [5.74, 6) is -0.503. The number of amides is 2. The van der Waals surface area contributed by atoms with Gasteiger partial charge < -0.3 is 5.32 Å². The molecule has 162 valence electrons. The summed E-state index contributed by atoms with van der Waals surface area (Å²) in [6.45, 7) is 2.39. The zero-order chi connectivity index (χ0) is 22.3. The number of anilines is 2. The molecule has 6 nitrogen and oxygen atoms in total. The first-order valence-electron chi connectivity index (χ1n) is 9.81. The van der Waals surface area contributed by atoms with Gasteiger partial charge in [-0.05, 0) is 61.9 Å². The summed E-state index contributed by atoms with van der Waals surface area (Å²) in [5, 5.41) is 2.87. The molecule has 2 N–H and O–H groups in total. The molecule has 0 fully saturated rings. The van der Waals surface area contributed by atoms with E-state index >= 15 is 0 Å². The first kappa shape index (κ1) is 22.5. The van der Waals surface area contributed by atoms with Crippen LogP contribution in [0, 0.1) is 12.7 Å². The van der Waals surface area contributed by atoms with Crippen LogP contribution in [0.4, 0.5) is 20.6 Å². The Morgan fingerprint density at radius 1 is 0.935 bits per heavy atom. The second-order valence-electron chi connectivity index (χ2n) is 6.99. The highest BCUT2D eigenvalue weighted by atomic mass is 32.2. The molecule has 3 rings (SSSR count). The highest BCUT2D eigenvalue weighted by molar-refractivity contribution is 7.89. The molecule has 8 heteroatoms. The number of hydrogen-bond acceptors (Lipinski definition) is 3. The Morgan fingerprint density at radius 2 is 1.58 bits per heavy atom. The summed E-state index contributed by atoms with van der Waals surface area (Å²) in [4.78, 5) is 14.4. The van der Waals surface area contributed by atoms with Crippen molar-refractivity contribution in [1.29, 1.82) is 0 Å². The van der Waals surface area contributed by atoms with E-state index in [1.165, 1.54) is 12.1 Å². The minimum absolute atomic E-state index is 0.00840. The zero-order valence-corrected chi connectivity index (χ0v) is 17.9. The topological polar surface area (TPSA) is 78.5 Å². The zero-order valence-electron chi connectivity index (χ0n) is 17.1. The lowest BCUT2D eigenvalue weighted by molar-refractivity contribution is 0.257. The van der Waals surface area contributed by atoms with E-state index in [1.54, 1.807) is 4.90 Å². The predicted octanol–water partition coefficient (Wildman–Crippen LogP) is 4.54. The SMILES string of the molecule is Cc1ccc(NC(=O)N(CCCNS(=O)(=O)c2ccc(F)cc2)c2ccccc2)cc1. The fourth-order valence-corrected chi connectivity index (χ4v) is 4.00. The molecule has 0 bridgehead atoms. The molecule has 0 unspecified atom stereocenters. The Labute approximate surface area is 181 Å². The average Bonchev–Trinajstić information content (AvgIpc) is 2.76. The van der Waals surface area contributed by atoms with Crippen LogP contribution in [-0.4, -0.2) is 27.5 Å². The van der Waals surface area contributed by atoms with Crippen LogP contribution < -0.4 is 14.9 Å². The molecular formula is C23H24FN3O3S. The third-order valence-corrected chi connectivity index (χ3v) is 6.07.